The first-order chi connectivity index (χ1) is 11.3. The van der Waals surface area contributed by atoms with Gasteiger partial charge >= 0.3 is 0 Å². The Labute approximate surface area is 145 Å². The van der Waals surface area contributed by atoms with E-state index in [1.807, 2.05) is 0 Å². The second kappa shape index (κ2) is 19.5. The second-order valence-corrected chi connectivity index (χ2v) is 6.90. The third-order valence-corrected chi connectivity index (χ3v) is 4.51. The lowest BCUT2D eigenvalue weighted by atomic mass is 10.0. The van der Waals surface area contributed by atoms with Gasteiger partial charge in [0.25, 0.3) is 0 Å². The van der Waals surface area contributed by atoms with Gasteiger partial charge in [-0.05, 0) is 6.42 Å². The van der Waals surface area contributed by atoms with Crippen LogP contribution in [0.4, 0.5) is 0 Å². The predicted molar refractivity (Wildman–Crippen MR) is 100 cm³/mol. The summed E-state index contributed by atoms with van der Waals surface area (Å²) >= 11 is 0. The lowest BCUT2D eigenvalue weighted by Crippen LogP contribution is -2.54. The van der Waals surface area contributed by atoms with Crippen molar-refractivity contribution in [3.8, 4) is 0 Å². The number of amides is 1. The highest BCUT2D eigenvalue weighted by Gasteiger charge is 2.00. The van der Waals surface area contributed by atoms with E-state index in [4.69, 9.17) is 0 Å². The van der Waals surface area contributed by atoms with Crippen molar-refractivity contribution in [2.75, 3.05) is 13.1 Å². The van der Waals surface area contributed by atoms with Crippen LogP contribution in [0, 0.1) is 0 Å². The molecule has 4 N–H and O–H groups in total. The van der Waals surface area contributed by atoms with E-state index >= 15 is 0 Å². The Bertz CT molecular complexity index is 244. The van der Waals surface area contributed by atoms with Crippen LogP contribution >= 0.6 is 0 Å². The van der Waals surface area contributed by atoms with Gasteiger partial charge in [-0.3, -0.25) is 4.79 Å². The van der Waals surface area contributed by atoms with E-state index in [1.54, 1.807) is 0 Å². The summed E-state index contributed by atoms with van der Waals surface area (Å²) in [5.74, 6) is 0.198. The summed E-state index contributed by atoms with van der Waals surface area (Å²) in [6.07, 6.45) is 21.2. The van der Waals surface area contributed by atoms with Gasteiger partial charge in [0.2, 0.25) is 5.91 Å². The van der Waals surface area contributed by atoms with Crippen molar-refractivity contribution in [2.24, 2.45) is 0 Å². The van der Waals surface area contributed by atoms with Gasteiger partial charge < -0.3 is 11.1 Å². The molecular weight excluding hydrogens is 284 g/mol. The first-order valence-corrected chi connectivity index (χ1v) is 10.4. The Morgan fingerprint density at radius 3 is 1.48 bits per heavy atom. The molecule has 0 rings (SSSR count). The largest absolute Gasteiger partial charge is 0.356 e. The molecule has 0 aliphatic rings. The summed E-state index contributed by atoms with van der Waals surface area (Å²) in [7, 11) is 0. The summed E-state index contributed by atoms with van der Waals surface area (Å²) in [4.78, 5) is 11.4. The van der Waals surface area contributed by atoms with Crippen LogP contribution in [0.3, 0.4) is 0 Å². The lowest BCUT2D eigenvalue weighted by Gasteiger charge is -2.04. The predicted octanol–water partition coefficient (Wildman–Crippen LogP) is 4.61. The summed E-state index contributed by atoms with van der Waals surface area (Å²) in [5.41, 5.74) is 3.72. The van der Waals surface area contributed by atoms with Crippen LogP contribution in [0.2, 0.25) is 0 Å². The van der Waals surface area contributed by atoms with Gasteiger partial charge in [-0.2, -0.15) is 0 Å². The summed E-state index contributed by atoms with van der Waals surface area (Å²) < 4.78 is 0. The highest BCUT2D eigenvalue weighted by molar-refractivity contribution is 5.75. The van der Waals surface area contributed by atoms with Gasteiger partial charge in [0, 0.05) is 6.42 Å². The highest BCUT2D eigenvalue weighted by atomic mass is 16.1. The number of carbonyl (C=O) groups excluding carboxylic acids is 1. The maximum absolute atomic E-state index is 11.4. The molecule has 138 valence electrons. The second-order valence-electron chi connectivity index (χ2n) is 6.90. The standard InChI is InChI=1S/C20H42N2O/c1-2-3-4-5-6-7-8-9-10-11-12-13-14-15-16-17-20(23)22-19-18-21/h2-19,21H2,1H3,(H,22,23)/p+1. The molecule has 0 unspecified atom stereocenters. The van der Waals surface area contributed by atoms with Crippen LogP contribution < -0.4 is 11.1 Å². The fourth-order valence-electron chi connectivity index (χ4n) is 2.97. The summed E-state index contributed by atoms with van der Waals surface area (Å²) in [6.45, 7) is 3.78. The number of hydrogen-bond acceptors (Lipinski definition) is 1. The number of unbranched alkanes of at least 4 members (excludes halogenated alkanes) is 14. The molecular formula is C20H43N2O+. The normalized spacial score (nSPS) is 10.9. The molecule has 23 heavy (non-hydrogen) atoms. The van der Waals surface area contributed by atoms with E-state index in [0.29, 0.717) is 6.42 Å². The number of nitrogens with one attached hydrogen (secondary N) is 1. The van der Waals surface area contributed by atoms with Crippen LogP contribution in [-0.2, 0) is 4.79 Å². The minimum absolute atomic E-state index is 0.198. The molecule has 0 saturated heterocycles. The van der Waals surface area contributed by atoms with Gasteiger partial charge in [-0.15, -0.1) is 0 Å². The SMILES string of the molecule is CCCCCCCCCCCCCCCCCC(=O)NCC[NH3+]. The van der Waals surface area contributed by atoms with Crippen molar-refractivity contribution >= 4 is 5.91 Å². The van der Waals surface area contributed by atoms with E-state index in [9.17, 15) is 4.79 Å². The molecule has 0 fully saturated rings. The monoisotopic (exact) mass is 327 g/mol. The zero-order chi connectivity index (χ0) is 17.0. The van der Waals surface area contributed by atoms with E-state index in [0.717, 1.165) is 19.5 Å². The van der Waals surface area contributed by atoms with Gasteiger partial charge in [0.05, 0.1) is 13.1 Å². The number of rotatable bonds is 18. The lowest BCUT2D eigenvalue weighted by molar-refractivity contribution is -0.364. The zero-order valence-electron chi connectivity index (χ0n) is 15.8. The van der Waals surface area contributed by atoms with Crippen molar-refractivity contribution in [3.05, 3.63) is 0 Å². The van der Waals surface area contributed by atoms with Crippen LogP contribution in [0.25, 0.3) is 0 Å². The Balaban J connectivity index is 3.04. The Hall–Kier alpha value is -0.570. The van der Waals surface area contributed by atoms with Crippen LogP contribution in [0.5, 0.6) is 0 Å². The number of quaternary nitrogens is 1. The Morgan fingerprint density at radius 2 is 1.09 bits per heavy atom. The first kappa shape index (κ1) is 22.4. The number of hydrogen-bond donors (Lipinski definition) is 2. The van der Waals surface area contributed by atoms with Gasteiger partial charge in [-0.25, -0.2) is 0 Å². The van der Waals surface area contributed by atoms with Crippen molar-refractivity contribution in [2.45, 2.75) is 110 Å². The molecule has 0 aliphatic carbocycles. The zero-order valence-corrected chi connectivity index (χ0v) is 15.8. The fraction of sp³-hybridized carbons (Fsp3) is 0.950. The topological polar surface area (TPSA) is 56.7 Å². The molecule has 0 heterocycles. The minimum atomic E-state index is 0.198. The van der Waals surface area contributed by atoms with Crippen LogP contribution in [0.1, 0.15) is 110 Å². The highest BCUT2D eigenvalue weighted by Crippen LogP contribution is 2.13. The molecule has 0 aromatic carbocycles. The van der Waals surface area contributed by atoms with Gasteiger partial charge in [0.1, 0.15) is 0 Å². The van der Waals surface area contributed by atoms with Crippen molar-refractivity contribution < 1.29 is 10.5 Å². The average molecular weight is 328 g/mol. The average Bonchev–Trinajstić information content (AvgIpc) is 2.56. The van der Waals surface area contributed by atoms with Crippen molar-refractivity contribution in [1.82, 2.24) is 5.32 Å². The van der Waals surface area contributed by atoms with E-state index < -0.39 is 0 Å². The molecule has 0 aromatic rings. The van der Waals surface area contributed by atoms with Crippen LogP contribution in [-0.4, -0.2) is 19.0 Å². The summed E-state index contributed by atoms with van der Waals surface area (Å²) in [6, 6.07) is 0. The molecule has 0 aliphatic heterocycles. The van der Waals surface area contributed by atoms with E-state index in [2.05, 4.69) is 18.0 Å². The van der Waals surface area contributed by atoms with Crippen LogP contribution in [0.15, 0.2) is 0 Å². The Kier molecular flexibility index (Phi) is 19.0. The maximum Gasteiger partial charge on any atom is 0.220 e. The molecule has 0 spiro atoms. The van der Waals surface area contributed by atoms with Crippen molar-refractivity contribution in [1.29, 1.82) is 0 Å². The smallest absolute Gasteiger partial charge is 0.220 e. The molecule has 0 atom stereocenters. The maximum atomic E-state index is 11.4. The third kappa shape index (κ3) is 19.4. The number of carbonyl (C=O) groups is 1. The van der Waals surface area contributed by atoms with E-state index in [1.165, 1.54) is 89.9 Å². The van der Waals surface area contributed by atoms with E-state index in [-0.39, 0.29) is 5.91 Å². The van der Waals surface area contributed by atoms with Crippen molar-refractivity contribution in [3.63, 3.8) is 0 Å². The molecule has 3 heteroatoms. The Morgan fingerprint density at radius 1 is 0.696 bits per heavy atom. The van der Waals surface area contributed by atoms with Gasteiger partial charge in [0.15, 0.2) is 0 Å². The molecule has 0 radical (unpaired) electrons. The molecule has 0 saturated carbocycles. The minimum Gasteiger partial charge on any atom is -0.356 e. The molecule has 3 nitrogen and oxygen atoms in total. The molecule has 0 bridgehead atoms. The summed E-state index contributed by atoms with van der Waals surface area (Å²) in [5, 5.41) is 2.88. The molecule has 1 amide bonds. The van der Waals surface area contributed by atoms with Gasteiger partial charge in [-0.1, -0.05) is 96.8 Å². The fourth-order valence-corrected chi connectivity index (χ4v) is 2.97. The molecule has 0 aromatic heterocycles. The first-order valence-electron chi connectivity index (χ1n) is 10.4. The quantitative estimate of drug-likeness (QED) is 0.355. The third-order valence-electron chi connectivity index (χ3n) is 4.51.